The van der Waals surface area contributed by atoms with Gasteiger partial charge in [-0.1, -0.05) is 6.07 Å². The molecule has 1 heterocycles. The molecule has 3 heteroatoms. The number of nitriles is 1. The summed E-state index contributed by atoms with van der Waals surface area (Å²) in [5.74, 6) is 0. The van der Waals surface area contributed by atoms with Crippen molar-refractivity contribution in [2.45, 2.75) is 19.4 Å². The highest BCUT2D eigenvalue weighted by Gasteiger charge is 2.11. The molecule has 0 saturated carbocycles. The van der Waals surface area contributed by atoms with Gasteiger partial charge in [0.2, 0.25) is 0 Å². The molecule has 92 valence electrons. The van der Waals surface area contributed by atoms with Crippen LogP contribution in [0.1, 0.15) is 17.4 Å². The van der Waals surface area contributed by atoms with E-state index in [-0.39, 0.29) is 0 Å². The zero-order chi connectivity index (χ0) is 13.0. The Morgan fingerprint density at radius 3 is 2.56 bits per heavy atom. The Hall–Kier alpha value is -1.79. The van der Waals surface area contributed by atoms with Crippen LogP contribution in [-0.4, -0.2) is 13.1 Å². The number of hydrogen-bond acceptors (Lipinski definition) is 3. The van der Waals surface area contributed by atoms with Crippen molar-refractivity contribution in [1.29, 1.82) is 5.26 Å². The summed E-state index contributed by atoms with van der Waals surface area (Å²) in [6.07, 6.45) is 1.05. The maximum atomic E-state index is 8.79. The SMILES string of the molecule is CC(Cc1cccs1)N(C)c1ccc(C#N)cc1. The van der Waals surface area contributed by atoms with Crippen LogP contribution in [0, 0.1) is 11.3 Å². The molecule has 18 heavy (non-hydrogen) atoms. The van der Waals surface area contributed by atoms with Gasteiger partial charge in [0.05, 0.1) is 11.6 Å². The third kappa shape index (κ3) is 2.91. The molecular weight excluding hydrogens is 240 g/mol. The zero-order valence-electron chi connectivity index (χ0n) is 10.6. The molecule has 1 aromatic carbocycles. The molecule has 2 rings (SSSR count). The van der Waals surface area contributed by atoms with E-state index in [4.69, 9.17) is 5.26 Å². The van der Waals surface area contributed by atoms with E-state index in [1.165, 1.54) is 4.88 Å². The summed E-state index contributed by atoms with van der Waals surface area (Å²) < 4.78 is 0. The standard InChI is InChI=1S/C15H16N2S/c1-12(10-15-4-3-9-18-15)17(2)14-7-5-13(11-16)6-8-14/h3-9,12H,10H2,1-2H3. The monoisotopic (exact) mass is 256 g/mol. The van der Waals surface area contributed by atoms with Crippen LogP contribution in [0.5, 0.6) is 0 Å². The number of nitrogens with zero attached hydrogens (tertiary/aromatic N) is 2. The minimum atomic E-state index is 0.441. The van der Waals surface area contributed by atoms with Crippen LogP contribution in [-0.2, 0) is 6.42 Å². The van der Waals surface area contributed by atoms with Crippen molar-refractivity contribution < 1.29 is 0 Å². The molecule has 0 aliphatic rings. The molecule has 0 fully saturated rings. The fourth-order valence-electron chi connectivity index (χ4n) is 1.88. The Labute approximate surface area is 112 Å². The van der Waals surface area contributed by atoms with Crippen LogP contribution in [0.15, 0.2) is 41.8 Å². The van der Waals surface area contributed by atoms with Crippen LogP contribution in [0.4, 0.5) is 5.69 Å². The van der Waals surface area contributed by atoms with Gasteiger partial charge in [-0.05, 0) is 42.6 Å². The highest BCUT2D eigenvalue weighted by atomic mass is 32.1. The summed E-state index contributed by atoms with van der Waals surface area (Å²) in [6, 6.07) is 14.6. The van der Waals surface area contributed by atoms with Gasteiger partial charge in [0.25, 0.3) is 0 Å². The largest absolute Gasteiger partial charge is 0.372 e. The van der Waals surface area contributed by atoms with Crippen molar-refractivity contribution in [2.24, 2.45) is 0 Å². The van der Waals surface area contributed by atoms with E-state index in [1.54, 1.807) is 11.3 Å². The van der Waals surface area contributed by atoms with Crippen LogP contribution < -0.4 is 4.90 Å². The lowest BCUT2D eigenvalue weighted by Crippen LogP contribution is -2.30. The number of thiophene rings is 1. The molecule has 1 unspecified atom stereocenters. The van der Waals surface area contributed by atoms with Gasteiger partial charge in [-0.25, -0.2) is 0 Å². The van der Waals surface area contributed by atoms with Crippen molar-refractivity contribution in [3.05, 3.63) is 52.2 Å². The molecular formula is C15H16N2S. The van der Waals surface area contributed by atoms with Gasteiger partial charge in [-0.3, -0.25) is 0 Å². The molecule has 2 nitrogen and oxygen atoms in total. The molecule has 0 N–H and O–H groups in total. The number of anilines is 1. The summed E-state index contributed by atoms with van der Waals surface area (Å²) in [5.41, 5.74) is 1.86. The van der Waals surface area contributed by atoms with Gasteiger partial charge >= 0.3 is 0 Å². The maximum Gasteiger partial charge on any atom is 0.0991 e. The van der Waals surface area contributed by atoms with Crippen molar-refractivity contribution >= 4 is 17.0 Å². The van der Waals surface area contributed by atoms with Gasteiger partial charge in [0, 0.05) is 30.1 Å². The highest BCUT2D eigenvalue weighted by Crippen LogP contribution is 2.19. The van der Waals surface area contributed by atoms with Crippen LogP contribution in [0.25, 0.3) is 0 Å². The quantitative estimate of drug-likeness (QED) is 0.834. The molecule has 0 saturated heterocycles. The predicted octanol–water partition coefficient (Wildman–Crippen LogP) is 3.69. The molecule has 0 bridgehead atoms. The molecule has 1 atom stereocenters. The van der Waals surface area contributed by atoms with Gasteiger partial charge in [-0.2, -0.15) is 5.26 Å². The smallest absolute Gasteiger partial charge is 0.0991 e. The molecule has 0 aliphatic heterocycles. The van der Waals surface area contributed by atoms with E-state index in [1.807, 2.05) is 24.3 Å². The first kappa shape index (κ1) is 12.7. The topological polar surface area (TPSA) is 27.0 Å². The average molecular weight is 256 g/mol. The summed E-state index contributed by atoms with van der Waals surface area (Å²) in [6.45, 7) is 2.22. The Bertz CT molecular complexity index is 523. The second-order valence-electron chi connectivity index (χ2n) is 4.40. The molecule has 0 radical (unpaired) electrons. The predicted molar refractivity (Wildman–Crippen MR) is 77.0 cm³/mol. The van der Waals surface area contributed by atoms with Crippen molar-refractivity contribution in [3.8, 4) is 6.07 Å². The zero-order valence-corrected chi connectivity index (χ0v) is 11.4. The molecule has 1 aromatic heterocycles. The normalized spacial score (nSPS) is 11.8. The van der Waals surface area contributed by atoms with Gasteiger partial charge in [0.15, 0.2) is 0 Å². The van der Waals surface area contributed by atoms with Crippen molar-refractivity contribution in [1.82, 2.24) is 0 Å². The summed E-state index contributed by atoms with van der Waals surface area (Å²) in [5, 5.41) is 10.9. The Kier molecular flexibility index (Phi) is 4.01. The first-order chi connectivity index (χ1) is 8.70. The Balaban J connectivity index is 2.05. The van der Waals surface area contributed by atoms with Gasteiger partial charge in [0.1, 0.15) is 0 Å². The third-order valence-electron chi connectivity index (χ3n) is 3.14. The fourth-order valence-corrected chi connectivity index (χ4v) is 2.71. The minimum Gasteiger partial charge on any atom is -0.372 e. The lowest BCUT2D eigenvalue weighted by molar-refractivity contribution is 0.688. The van der Waals surface area contributed by atoms with E-state index < -0.39 is 0 Å². The van der Waals surface area contributed by atoms with Crippen molar-refractivity contribution in [3.63, 3.8) is 0 Å². The highest BCUT2D eigenvalue weighted by molar-refractivity contribution is 7.09. The Morgan fingerprint density at radius 2 is 2.00 bits per heavy atom. The van der Waals surface area contributed by atoms with Crippen LogP contribution in [0.2, 0.25) is 0 Å². The molecule has 2 aromatic rings. The molecule has 0 spiro atoms. The lowest BCUT2D eigenvalue weighted by Gasteiger charge is -2.26. The number of benzene rings is 1. The first-order valence-corrected chi connectivity index (χ1v) is 6.84. The van der Waals surface area contributed by atoms with E-state index in [0.29, 0.717) is 11.6 Å². The number of rotatable bonds is 4. The summed E-state index contributed by atoms with van der Waals surface area (Å²) >= 11 is 1.80. The second-order valence-corrected chi connectivity index (χ2v) is 5.43. The van der Waals surface area contributed by atoms with E-state index in [0.717, 1.165) is 12.1 Å². The van der Waals surface area contributed by atoms with Crippen molar-refractivity contribution in [2.75, 3.05) is 11.9 Å². The van der Waals surface area contributed by atoms with Gasteiger partial charge in [-0.15, -0.1) is 11.3 Å². The summed E-state index contributed by atoms with van der Waals surface area (Å²) in [7, 11) is 2.10. The molecule has 0 aliphatic carbocycles. The van der Waals surface area contributed by atoms with Gasteiger partial charge < -0.3 is 4.90 Å². The van der Waals surface area contributed by atoms with E-state index >= 15 is 0 Å². The maximum absolute atomic E-state index is 8.79. The summed E-state index contributed by atoms with van der Waals surface area (Å²) in [4.78, 5) is 3.66. The average Bonchev–Trinajstić information content (AvgIpc) is 2.91. The van der Waals surface area contributed by atoms with E-state index in [2.05, 4.69) is 42.5 Å². The number of likely N-dealkylation sites (N-methyl/N-ethyl adjacent to an activating group) is 1. The number of hydrogen-bond donors (Lipinski definition) is 0. The molecule has 0 amide bonds. The van der Waals surface area contributed by atoms with Crippen LogP contribution >= 0.6 is 11.3 Å². The second kappa shape index (κ2) is 5.70. The Morgan fingerprint density at radius 1 is 1.28 bits per heavy atom. The first-order valence-electron chi connectivity index (χ1n) is 5.96. The minimum absolute atomic E-state index is 0.441. The van der Waals surface area contributed by atoms with E-state index in [9.17, 15) is 0 Å². The third-order valence-corrected chi connectivity index (χ3v) is 4.04. The van der Waals surface area contributed by atoms with Crippen LogP contribution in [0.3, 0.4) is 0 Å². The lowest BCUT2D eigenvalue weighted by atomic mass is 10.1. The fraction of sp³-hybridized carbons (Fsp3) is 0.267.